The molecule has 0 bridgehead atoms. The number of carbonyl (C=O) groups excluding carboxylic acids is 1. The standard InChI is InChI=1S/C17H18O/c1-13(2)10-11-16(18)12-15-8-5-7-14-6-3-4-9-17(14)15/h3-9H,1,10-12H2,2H3. The maximum absolute atomic E-state index is 11.9. The van der Waals surface area contributed by atoms with Crippen molar-refractivity contribution in [2.75, 3.05) is 0 Å². The van der Waals surface area contributed by atoms with Crippen molar-refractivity contribution in [3.05, 3.63) is 60.2 Å². The number of hydrogen-bond donors (Lipinski definition) is 0. The molecule has 0 radical (unpaired) electrons. The quantitative estimate of drug-likeness (QED) is 0.709. The minimum absolute atomic E-state index is 0.286. The Kier molecular flexibility index (Phi) is 3.93. The van der Waals surface area contributed by atoms with Crippen LogP contribution in [0.4, 0.5) is 0 Å². The van der Waals surface area contributed by atoms with E-state index < -0.39 is 0 Å². The molecule has 0 unspecified atom stereocenters. The highest BCUT2D eigenvalue weighted by Gasteiger charge is 2.06. The largest absolute Gasteiger partial charge is 0.299 e. The molecule has 18 heavy (non-hydrogen) atoms. The van der Waals surface area contributed by atoms with Crippen LogP contribution in [0, 0.1) is 0 Å². The third kappa shape index (κ3) is 3.07. The fourth-order valence-corrected chi connectivity index (χ4v) is 2.10. The van der Waals surface area contributed by atoms with Gasteiger partial charge in [0.25, 0.3) is 0 Å². The van der Waals surface area contributed by atoms with E-state index in [0.29, 0.717) is 12.8 Å². The number of fused-ring (bicyclic) bond motifs is 1. The lowest BCUT2D eigenvalue weighted by atomic mass is 9.98. The van der Waals surface area contributed by atoms with Crippen molar-refractivity contribution < 1.29 is 4.79 Å². The van der Waals surface area contributed by atoms with E-state index in [9.17, 15) is 4.79 Å². The summed E-state index contributed by atoms with van der Waals surface area (Å²) in [4.78, 5) is 11.9. The number of allylic oxidation sites excluding steroid dienone is 1. The van der Waals surface area contributed by atoms with Crippen LogP contribution < -0.4 is 0 Å². The van der Waals surface area contributed by atoms with Crippen molar-refractivity contribution in [2.24, 2.45) is 0 Å². The van der Waals surface area contributed by atoms with Gasteiger partial charge >= 0.3 is 0 Å². The molecule has 0 fully saturated rings. The van der Waals surface area contributed by atoms with Crippen molar-refractivity contribution in [3.63, 3.8) is 0 Å². The summed E-state index contributed by atoms with van der Waals surface area (Å²) in [6.45, 7) is 5.80. The molecule has 2 rings (SSSR count). The molecule has 0 aliphatic carbocycles. The van der Waals surface area contributed by atoms with Crippen LogP contribution in [0.15, 0.2) is 54.6 Å². The Bertz CT molecular complexity index is 576. The molecule has 92 valence electrons. The highest BCUT2D eigenvalue weighted by Crippen LogP contribution is 2.19. The first-order valence-corrected chi connectivity index (χ1v) is 6.29. The molecule has 0 spiro atoms. The van der Waals surface area contributed by atoms with Gasteiger partial charge in [0.05, 0.1) is 0 Å². The Hall–Kier alpha value is -1.89. The van der Waals surface area contributed by atoms with Crippen LogP contribution in [-0.4, -0.2) is 5.78 Å². The summed E-state index contributed by atoms with van der Waals surface area (Å²) in [5.41, 5.74) is 2.20. The molecular weight excluding hydrogens is 220 g/mol. The summed E-state index contributed by atoms with van der Waals surface area (Å²) in [6, 6.07) is 14.3. The van der Waals surface area contributed by atoms with Crippen molar-refractivity contribution >= 4 is 16.6 Å². The van der Waals surface area contributed by atoms with Gasteiger partial charge in [-0.25, -0.2) is 0 Å². The average molecular weight is 238 g/mol. The highest BCUT2D eigenvalue weighted by atomic mass is 16.1. The minimum Gasteiger partial charge on any atom is -0.299 e. The summed E-state index contributed by atoms with van der Waals surface area (Å²) in [6.07, 6.45) is 1.91. The van der Waals surface area contributed by atoms with E-state index in [4.69, 9.17) is 0 Å². The molecule has 0 heterocycles. The van der Waals surface area contributed by atoms with E-state index in [1.54, 1.807) is 0 Å². The first-order valence-electron chi connectivity index (χ1n) is 6.29. The van der Waals surface area contributed by atoms with E-state index in [-0.39, 0.29) is 5.78 Å². The average Bonchev–Trinajstić information content (AvgIpc) is 2.37. The molecule has 0 saturated carbocycles. The number of Topliss-reactive ketones (excluding diaryl/α,β-unsaturated/α-hetero) is 1. The van der Waals surface area contributed by atoms with Crippen LogP contribution in [0.5, 0.6) is 0 Å². The predicted molar refractivity (Wildman–Crippen MR) is 76.7 cm³/mol. The minimum atomic E-state index is 0.286. The van der Waals surface area contributed by atoms with Gasteiger partial charge in [-0.2, -0.15) is 0 Å². The number of rotatable bonds is 5. The molecule has 0 aromatic heterocycles. The van der Waals surface area contributed by atoms with Crippen molar-refractivity contribution in [1.29, 1.82) is 0 Å². The van der Waals surface area contributed by atoms with Crippen molar-refractivity contribution in [1.82, 2.24) is 0 Å². The third-order valence-electron chi connectivity index (χ3n) is 3.10. The summed E-state index contributed by atoms with van der Waals surface area (Å²) in [5.74, 6) is 0.286. The molecule has 0 aliphatic heterocycles. The zero-order valence-electron chi connectivity index (χ0n) is 10.8. The van der Waals surface area contributed by atoms with Crippen molar-refractivity contribution in [2.45, 2.75) is 26.2 Å². The third-order valence-corrected chi connectivity index (χ3v) is 3.10. The fraction of sp³-hybridized carbons (Fsp3) is 0.235. The summed E-state index contributed by atoms with van der Waals surface area (Å²) in [5, 5.41) is 2.38. The van der Waals surface area contributed by atoms with E-state index in [1.807, 2.05) is 31.2 Å². The SMILES string of the molecule is C=C(C)CCC(=O)Cc1cccc2ccccc12. The molecule has 2 aromatic carbocycles. The summed E-state index contributed by atoms with van der Waals surface area (Å²) >= 11 is 0. The molecule has 2 aromatic rings. The van der Waals surface area contributed by atoms with E-state index >= 15 is 0 Å². The lowest BCUT2D eigenvalue weighted by molar-refractivity contribution is -0.118. The van der Waals surface area contributed by atoms with Crippen LogP contribution in [0.2, 0.25) is 0 Å². The second kappa shape index (κ2) is 5.63. The monoisotopic (exact) mass is 238 g/mol. The van der Waals surface area contributed by atoms with Gasteiger partial charge in [-0.3, -0.25) is 4.79 Å². The molecule has 1 heteroatoms. The van der Waals surface area contributed by atoms with E-state index in [2.05, 4.69) is 24.8 Å². The molecule has 0 amide bonds. The summed E-state index contributed by atoms with van der Waals surface area (Å²) < 4.78 is 0. The van der Waals surface area contributed by atoms with Crippen LogP contribution in [0.1, 0.15) is 25.3 Å². The van der Waals surface area contributed by atoms with Gasteiger partial charge in [-0.15, -0.1) is 6.58 Å². The van der Waals surface area contributed by atoms with Gasteiger partial charge in [-0.1, -0.05) is 48.0 Å². The smallest absolute Gasteiger partial charge is 0.137 e. The molecule has 0 atom stereocenters. The van der Waals surface area contributed by atoms with Crippen LogP contribution >= 0.6 is 0 Å². The lowest BCUT2D eigenvalue weighted by Crippen LogP contribution is -2.03. The van der Waals surface area contributed by atoms with Crippen LogP contribution in [0.25, 0.3) is 10.8 Å². The number of hydrogen-bond acceptors (Lipinski definition) is 1. The normalized spacial score (nSPS) is 10.5. The van der Waals surface area contributed by atoms with Gasteiger partial charge in [0.15, 0.2) is 0 Å². The molecule has 0 N–H and O–H groups in total. The molecule has 0 aliphatic rings. The summed E-state index contributed by atoms with van der Waals surface area (Å²) in [7, 11) is 0. The molecular formula is C17H18O. The Morgan fingerprint density at radius 1 is 1.06 bits per heavy atom. The van der Waals surface area contributed by atoms with Gasteiger partial charge in [0.1, 0.15) is 5.78 Å². The van der Waals surface area contributed by atoms with E-state index in [0.717, 1.165) is 17.6 Å². The molecule has 1 nitrogen and oxygen atoms in total. The Morgan fingerprint density at radius 3 is 2.56 bits per heavy atom. The van der Waals surface area contributed by atoms with Gasteiger partial charge in [0.2, 0.25) is 0 Å². The fourth-order valence-electron chi connectivity index (χ4n) is 2.10. The maximum atomic E-state index is 11.9. The number of ketones is 1. The lowest BCUT2D eigenvalue weighted by Gasteiger charge is -2.06. The Labute approximate surface area is 108 Å². The number of carbonyl (C=O) groups is 1. The zero-order chi connectivity index (χ0) is 13.0. The first kappa shape index (κ1) is 12.6. The maximum Gasteiger partial charge on any atom is 0.137 e. The molecule has 0 saturated heterocycles. The zero-order valence-corrected chi connectivity index (χ0v) is 10.8. The predicted octanol–water partition coefficient (Wildman–Crippen LogP) is 4.31. The van der Waals surface area contributed by atoms with Crippen LogP contribution in [0.3, 0.4) is 0 Å². The van der Waals surface area contributed by atoms with E-state index in [1.165, 1.54) is 10.8 Å². The van der Waals surface area contributed by atoms with Crippen molar-refractivity contribution in [3.8, 4) is 0 Å². The van der Waals surface area contributed by atoms with Gasteiger partial charge in [0, 0.05) is 12.8 Å². The second-order valence-corrected chi connectivity index (χ2v) is 4.81. The number of benzene rings is 2. The first-order chi connectivity index (χ1) is 8.66. The highest BCUT2D eigenvalue weighted by molar-refractivity contribution is 5.90. The van der Waals surface area contributed by atoms with Crippen LogP contribution in [-0.2, 0) is 11.2 Å². The van der Waals surface area contributed by atoms with Gasteiger partial charge in [-0.05, 0) is 29.7 Å². The van der Waals surface area contributed by atoms with Gasteiger partial charge < -0.3 is 0 Å². The Balaban J connectivity index is 2.16. The topological polar surface area (TPSA) is 17.1 Å². The second-order valence-electron chi connectivity index (χ2n) is 4.81. The Morgan fingerprint density at radius 2 is 1.78 bits per heavy atom.